The van der Waals surface area contributed by atoms with Crippen LogP contribution in [0.25, 0.3) is 0 Å². The normalized spacial score (nSPS) is 11.3. The molecule has 0 atom stereocenters. The third kappa shape index (κ3) is 9.66. The monoisotopic (exact) mass is 634 g/mol. The van der Waals surface area contributed by atoms with E-state index < -0.39 is 22.5 Å². The van der Waals surface area contributed by atoms with E-state index >= 15 is 0 Å². The fourth-order valence-corrected chi connectivity index (χ4v) is 5.60. The number of nitrogens with zero attached hydrogens (tertiary/aromatic N) is 2. The Morgan fingerprint density at radius 1 is 0.886 bits per heavy atom. The Labute approximate surface area is 261 Å². The van der Waals surface area contributed by atoms with Gasteiger partial charge in [0.1, 0.15) is 11.5 Å². The van der Waals surface area contributed by atoms with Gasteiger partial charge in [0.2, 0.25) is 10.0 Å². The molecule has 0 aliphatic carbocycles. The van der Waals surface area contributed by atoms with E-state index in [0.717, 1.165) is 9.87 Å². The summed E-state index contributed by atoms with van der Waals surface area (Å²) in [6.07, 6.45) is 1.84. The van der Waals surface area contributed by atoms with E-state index in [2.05, 4.69) is 15.8 Å². The van der Waals surface area contributed by atoms with Crippen LogP contribution in [0.4, 0.5) is 5.69 Å². The fourth-order valence-electron chi connectivity index (χ4n) is 4.02. The van der Waals surface area contributed by atoms with E-state index in [9.17, 15) is 18.0 Å². The zero-order valence-corrected chi connectivity index (χ0v) is 25.4. The SMILES string of the molecule is COc1ccc(S(=O)(=O)N(CCc2ccccc2)CC(=O)N/N=C/c2ccc(OCC(=O)Nc3cccc(Cl)c3)cc2)cc1. The summed E-state index contributed by atoms with van der Waals surface area (Å²) in [6.45, 7) is -0.535. The van der Waals surface area contributed by atoms with Crippen LogP contribution in [-0.4, -0.2) is 57.6 Å². The van der Waals surface area contributed by atoms with Crippen LogP contribution in [0.15, 0.2) is 113 Å². The standard InChI is InChI=1S/C32H31ClN4O6S/c1-42-28-14-16-30(17-15-28)44(40,41)37(19-18-24-6-3-2-4-7-24)22-31(38)36-34-21-25-10-12-29(13-11-25)43-23-32(39)35-27-9-5-8-26(33)20-27/h2-17,20-21H,18-19,22-23H2,1H3,(H,35,39)(H,36,38)/b34-21+. The van der Waals surface area contributed by atoms with Crippen LogP contribution in [0, 0.1) is 0 Å². The first-order valence-corrected chi connectivity index (χ1v) is 15.3. The van der Waals surface area contributed by atoms with Crippen LogP contribution in [0.5, 0.6) is 11.5 Å². The molecule has 0 aliphatic heterocycles. The quantitative estimate of drug-likeness (QED) is 0.152. The Balaban J connectivity index is 1.32. The van der Waals surface area contributed by atoms with Crippen molar-refractivity contribution in [1.29, 1.82) is 0 Å². The lowest BCUT2D eigenvalue weighted by Gasteiger charge is -2.21. The highest BCUT2D eigenvalue weighted by atomic mass is 35.5. The topological polar surface area (TPSA) is 126 Å². The number of rotatable bonds is 14. The predicted octanol–water partition coefficient (Wildman–Crippen LogP) is 4.75. The van der Waals surface area contributed by atoms with Crippen molar-refractivity contribution in [3.05, 3.63) is 119 Å². The number of methoxy groups -OCH3 is 1. The van der Waals surface area contributed by atoms with Crippen molar-refractivity contribution in [1.82, 2.24) is 9.73 Å². The minimum atomic E-state index is -3.99. The van der Waals surface area contributed by atoms with Crippen molar-refractivity contribution >= 4 is 45.3 Å². The number of amides is 2. The molecule has 228 valence electrons. The van der Waals surface area contributed by atoms with Gasteiger partial charge in [0.05, 0.1) is 24.8 Å². The molecule has 0 unspecified atom stereocenters. The molecule has 0 spiro atoms. The highest BCUT2D eigenvalue weighted by molar-refractivity contribution is 7.89. The van der Waals surface area contributed by atoms with Gasteiger partial charge in [-0.15, -0.1) is 0 Å². The summed E-state index contributed by atoms with van der Waals surface area (Å²) in [5, 5.41) is 7.18. The zero-order valence-electron chi connectivity index (χ0n) is 23.9. The van der Waals surface area contributed by atoms with Gasteiger partial charge >= 0.3 is 0 Å². The van der Waals surface area contributed by atoms with E-state index in [0.29, 0.717) is 34.2 Å². The molecule has 2 N–H and O–H groups in total. The van der Waals surface area contributed by atoms with Crippen LogP contribution in [0.1, 0.15) is 11.1 Å². The van der Waals surface area contributed by atoms with Gasteiger partial charge in [-0.05, 0) is 84.3 Å². The van der Waals surface area contributed by atoms with Gasteiger partial charge in [0.25, 0.3) is 11.8 Å². The molecule has 0 bridgehead atoms. The molecule has 10 nitrogen and oxygen atoms in total. The van der Waals surface area contributed by atoms with Gasteiger partial charge in [-0.3, -0.25) is 9.59 Å². The lowest BCUT2D eigenvalue weighted by molar-refractivity contribution is -0.121. The number of ether oxygens (including phenoxy) is 2. The number of carbonyl (C=O) groups excluding carboxylic acids is 2. The summed E-state index contributed by atoms with van der Waals surface area (Å²) < 4.78 is 38.7. The minimum Gasteiger partial charge on any atom is -0.497 e. The molecule has 0 heterocycles. The third-order valence-corrected chi connectivity index (χ3v) is 8.37. The van der Waals surface area contributed by atoms with Gasteiger partial charge < -0.3 is 14.8 Å². The highest BCUT2D eigenvalue weighted by Crippen LogP contribution is 2.20. The molecule has 0 fully saturated rings. The molecule has 4 rings (SSSR count). The number of carbonyl (C=O) groups is 2. The number of hydrogen-bond donors (Lipinski definition) is 2. The Kier molecular flexibility index (Phi) is 11.5. The molecular formula is C32H31ClN4O6S. The largest absolute Gasteiger partial charge is 0.497 e. The van der Waals surface area contributed by atoms with Gasteiger partial charge in [0.15, 0.2) is 6.61 Å². The third-order valence-electron chi connectivity index (χ3n) is 6.27. The van der Waals surface area contributed by atoms with Crippen LogP contribution >= 0.6 is 11.6 Å². The number of benzene rings is 4. The van der Waals surface area contributed by atoms with Gasteiger partial charge in [-0.1, -0.05) is 48.0 Å². The molecule has 0 aliphatic rings. The lowest BCUT2D eigenvalue weighted by Crippen LogP contribution is -2.40. The van der Waals surface area contributed by atoms with Crippen molar-refractivity contribution in [3.63, 3.8) is 0 Å². The smallest absolute Gasteiger partial charge is 0.262 e. The first kappa shape index (κ1) is 32.2. The average Bonchev–Trinajstić information content (AvgIpc) is 3.03. The molecule has 0 radical (unpaired) electrons. The van der Waals surface area contributed by atoms with Crippen molar-refractivity contribution < 1.29 is 27.5 Å². The first-order chi connectivity index (χ1) is 21.2. The molecule has 4 aromatic rings. The van der Waals surface area contributed by atoms with Gasteiger partial charge in [-0.2, -0.15) is 9.41 Å². The number of sulfonamides is 1. The van der Waals surface area contributed by atoms with Gasteiger partial charge in [-0.25, -0.2) is 13.8 Å². The maximum absolute atomic E-state index is 13.4. The number of nitrogens with one attached hydrogen (secondary N) is 2. The molecule has 2 amide bonds. The second kappa shape index (κ2) is 15.7. The summed E-state index contributed by atoms with van der Waals surface area (Å²) in [5.74, 6) is 0.0421. The van der Waals surface area contributed by atoms with E-state index in [1.165, 1.54) is 25.5 Å². The molecule has 44 heavy (non-hydrogen) atoms. The highest BCUT2D eigenvalue weighted by Gasteiger charge is 2.26. The maximum atomic E-state index is 13.4. The second-order valence-corrected chi connectivity index (χ2v) is 11.8. The average molecular weight is 635 g/mol. The van der Waals surface area contributed by atoms with Crippen molar-refractivity contribution in [3.8, 4) is 11.5 Å². The number of anilines is 1. The van der Waals surface area contributed by atoms with Gasteiger partial charge in [0, 0.05) is 17.3 Å². The van der Waals surface area contributed by atoms with Crippen LogP contribution in [0.2, 0.25) is 5.02 Å². The van der Waals surface area contributed by atoms with Crippen molar-refractivity contribution in [2.75, 3.05) is 32.1 Å². The summed E-state index contributed by atoms with van der Waals surface area (Å²) in [7, 11) is -2.49. The predicted molar refractivity (Wildman–Crippen MR) is 170 cm³/mol. The van der Waals surface area contributed by atoms with Crippen LogP contribution in [-0.2, 0) is 26.0 Å². The summed E-state index contributed by atoms with van der Waals surface area (Å²) in [5.41, 5.74) is 4.55. The van der Waals surface area contributed by atoms with Crippen LogP contribution in [0.3, 0.4) is 0 Å². The molecule has 0 saturated heterocycles. The molecule has 12 heteroatoms. The summed E-state index contributed by atoms with van der Waals surface area (Å²) in [4.78, 5) is 25.0. The minimum absolute atomic E-state index is 0.0481. The Morgan fingerprint density at radius 3 is 2.27 bits per heavy atom. The number of hydrazone groups is 1. The summed E-state index contributed by atoms with van der Waals surface area (Å²) >= 11 is 5.93. The maximum Gasteiger partial charge on any atom is 0.262 e. The van der Waals surface area contributed by atoms with E-state index in [4.69, 9.17) is 21.1 Å². The number of hydrogen-bond acceptors (Lipinski definition) is 7. The molecule has 4 aromatic carbocycles. The zero-order chi connectivity index (χ0) is 31.4. The van der Waals surface area contributed by atoms with E-state index in [-0.39, 0.29) is 24.0 Å². The Hall–Kier alpha value is -4.71. The van der Waals surface area contributed by atoms with Crippen molar-refractivity contribution in [2.24, 2.45) is 5.10 Å². The Bertz CT molecular complexity index is 1680. The lowest BCUT2D eigenvalue weighted by atomic mass is 10.1. The van der Waals surface area contributed by atoms with E-state index in [1.807, 2.05) is 30.3 Å². The second-order valence-electron chi connectivity index (χ2n) is 9.46. The Morgan fingerprint density at radius 2 is 1.59 bits per heavy atom. The van der Waals surface area contributed by atoms with Crippen molar-refractivity contribution in [2.45, 2.75) is 11.3 Å². The number of halogens is 1. The van der Waals surface area contributed by atoms with Crippen LogP contribution < -0.4 is 20.2 Å². The molecule has 0 aromatic heterocycles. The fraction of sp³-hybridized carbons (Fsp3) is 0.156. The molecule has 0 saturated carbocycles. The first-order valence-electron chi connectivity index (χ1n) is 13.5. The molecular weight excluding hydrogens is 604 g/mol. The summed E-state index contributed by atoms with van der Waals surface area (Å²) in [6, 6.07) is 28.9. The van der Waals surface area contributed by atoms with E-state index in [1.54, 1.807) is 60.7 Å².